The van der Waals surface area contributed by atoms with E-state index in [-0.39, 0.29) is 11.8 Å². The van der Waals surface area contributed by atoms with Gasteiger partial charge in [-0.15, -0.1) is 0 Å². The first-order chi connectivity index (χ1) is 8.70. The van der Waals surface area contributed by atoms with Crippen LogP contribution in [0.3, 0.4) is 0 Å². The summed E-state index contributed by atoms with van der Waals surface area (Å²) in [7, 11) is 0. The highest BCUT2D eigenvalue weighted by Gasteiger charge is 2.47. The normalized spacial score (nSPS) is 27.9. The predicted molar refractivity (Wildman–Crippen MR) is 71.2 cm³/mol. The van der Waals surface area contributed by atoms with Crippen molar-refractivity contribution in [3.8, 4) is 0 Å². The summed E-state index contributed by atoms with van der Waals surface area (Å²) in [5.41, 5.74) is 6.00. The number of hydrogen-bond acceptors (Lipinski definition) is 2. The maximum absolute atomic E-state index is 11.9. The van der Waals surface area contributed by atoms with Crippen LogP contribution >= 0.6 is 0 Å². The molecule has 1 fully saturated rings. The van der Waals surface area contributed by atoms with Gasteiger partial charge in [-0.25, -0.2) is 0 Å². The summed E-state index contributed by atoms with van der Waals surface area (Å²) in [5, 5.41) is 0. The number of hydrogen-bond donors (Lipinski definition) is 1. The van der Waals surface area contributed by atoms with Crippen LogP contribution in [-0.2, 0) is 9.53 Å². The lowest BCUT2D eigenvalue weighted by atomic mass is 9.71. The number of ether oxygens (including phenoxy) is 1. The van der Waals surface area contributed by atoms with Crippen LogP contribution in [0, 0.1) is 0 Å². The first kappa shape index (κ1) is 13.1. The molecule has 2 unspecified atom stereocenters. The van der Waals surface area contributed by atoms with E-state index < -0.39 is 5.60 Å². The lowest BCUT2D eigenvalue weighted by molar-refractivity contribution is -0.151. The third-order valence-electron chi connectivity index (χ3n) is 3.87. The zero-order chi connectivity index (χ0) is 13.0. The van der Waals surface area contributed by atoms with Gasteiger partial charge >= 0.3 is 0 Å². The summed E-state index contributed by atoms with van der Waals surface area (Å²) in [4.78, 5) is 11.9. The maximum Gasteiger partial charge on any atom is 0.250 e. The summed E-state index contributed by atoms with van der Waals surface area (Å²) in [5.74, 6) is -0.234. The Kier molecular flexibility index (Phi) is 4.02. The summed E-state index contributed by atoms with van der Waals surface area (Å²) >= 11 is 0. The Morgan fingerprint density at radius 1 is 1.39 bits per heavy atom. The van der Waals surface area contributed by atoms with Gasteiger partial charge in [0.2, 0.25) is 5.91 Å². The zero-order valence-electron chi connectivity index (χ0n) is 10.9. The molecule has 3 heteroatoms. The summed E-state index contributed by atoms with van der Waals surface area (Å²) in [6, 6.07) is 10.1. The van der Waals surface area contributed by atoms with Gasteiger partial charge in [0.25, 0.3) is 0 Å². The van der Waals surface area contributed by atoms with Gasteiger partial charge in [0.05, 0.1) is 0 Å². The van der Waals surface area contributed by atoms with Crippen LogP contribution in [0.4, 0.5) is 0 Å². The van der Waals surface area contributed by atoms with Gasteiger partial charge in [0.15, 0.2) is 5.60 Å². The number of primary amides is 1. The van der Waals surface area contributed by atoms with E-state index in [2.05, 4.69) is 12.1 Å². The molecule has 2 N–H and O–H groups in total. The fraction of sp³-hybridized carbons (Fsp3) is 0.533. The van der Waals surface area contributed by atoms with Crippen LogP contribution in [0.15, 0.2) is 30.3 Å². The standard InChI is InChI=1S/C15H21NO2/c1-2-18-15(14(16)17)11-7-6-10-13(15)12-8-4-3-5-9-12/h3-5,8-9,13H,2,6-7,10-11H2,1H3,(H2,16,17). The second kappa shape index (κ2) is 5.53. The predicted octanol–water partition coefficient (Wildman–Crippen LogP) is 2.60. The second-order valence-corrected chi connectivity index (χ2v) is 4.90. The third-order valence-corrected chi connectivity index (χ3v) is 3.87. The molecular weight excluding hydrogens is 226 g/mol. The van der Waals surface area contributed by atoms with Crippen molar-refractivity contribution in [3.05, 3.63) is 35.9 Å². The van der Waals surface area contributed by atoms with E-state index in [9.17, 15) is 4.79 Å². The topological polar surface area (TPSA) is 52.3 Å². The number of benzene rings is 1. The average molecular weight is 247 g/mol. The molecule has 0 heterocycles. The number of rotatable bonds is 4. The smallest absolute Gasteiger partial charge is 0.250 e. The van der Waals surface area contributed by atoms with Gasteiger partial charge in [0, 0.05) is 12.5 Å². The zero-order valence-corrected chi connectivity index (χ0v) is 10.9. The van der Waals surface area contributed by atoms with Gasteiger partial charge in [-0.2, -0.15) is 0 Å². The Hall–Kier alpha value is -1.35. The van der Waals surface area contributed by atoms with Crippen molar-refractivity contribution < 1.29 is 9.53 Å². The molecule has 0 aromatic heterocycles. The van der Waals surface area contributed by atoms with Crippen molar-refractivity contribution in [1.29, 1.82) is 0 Å². The number of carbonyl (C=O) groups excluding carboxylic acids is 1. The van der Waals surface area contributed by atoms with Gasteiger partial charge in [-0.1, -0.05) is 36.8 Å². The molecule has 1 aliphatic rings. The fourth-order valence-electron chi connectivity index (χ4n) is 3.06. The van der Waals surface area contributed by atoms with E-state index in [0.29, 0.717) is 6.61 Å². The molecule has 0 aliphatic heterocycles. The summed E-state index contributed by atoms with van der Waals surface area (Å²) in [6.07, 6.45) is 3.83. The first-order valence-electron chi connectivity index (χ1n) is 6.69. The molecule has 0 bridgehead atoms. The van der Waals surface area contributed by atoms with Gasteiger partial charge in [-0.05, 0) is 31.7 Å². The lowest BCUT2D eigenvalue weighted by Gasteiger charge is -2.41. The lowest BCUT2D eigenvalue weighted by Crippen LogP contribution is -2.52. The molecule has 0 radical (unpaired) electrons. The fourth-order valence-corrected chi connectivity index (χ4v) is 3.06. The monoisotopic (exact) mass is 247 g/mol. The highest BCUT2D eigenvalue weighted by molar-refractivity contribution is 5.85. The van der Waals surface area contributed by atoms with E-state index in [1.807, 2.05) is 25.1 Å². The van der Waals surface area contributed by atoms with E-state index in [1.54, 1.807) is 0 Å². The number of carbonyl (C=O) groups is 1. The SMILES string of the molecule is CCOC1(C(N)=O)CCCCC1c1ccccc1. The van der Waals surface area contributed by atoms with Gasteiger partial charge < -0.3 is 10.5 Å². The molecule has 1 amide bonds. The van der Waals surface area contributed by atoms with E-state index >= 15 is 0 Å². The molecule has 0 spiro atoms. The van der Waals surface area contributed by atoms with Crippen LogP contribution in [0.1, 0.15) is 44.1 Å². The van der Waals surface area contributed by atoms with Crippen LogP contribution in [0.25, 0.3) is 0 Å². The van der Waals surface area contributed by atoms with Crippen LogP contribution in [-0.4, -0.2) is 18.1 Å². The Morgan fingerprint density at radius 3 is 2.72 bits per heavy atom. The highest BCUT2D eigenvalue weighted by Crippen LogP contribution is 2.43. The Labute approximate surface area is 108 Å². The Morgan fingerprint density at radius 2 is 2.11 bits per heavy atom. The van der Waals surface area contributed by atoms with Gasteiger partial charge in [0.1, 0.15) is 0 Å². The first-order valence-corrected chi connectivity index (χ1v) is 6.69. The van der Waals surface area contributed by atoms with Crippen LogP contribution in [0.2, 0.25) is 0 Å². The minimum Gasteiger partial charge on any atom is -0.367 e. The van der Waals surface area contributed by atoms with E-state index in [0.717, 1.165) is 31.2 Å². The van der Waals surface area contributed by atoms with E-state index in [4.69, 9.17) is 10.5 Å². The molecule has 1 aromatic rings. The summed E-state index contributed by atoms with van der Waals surface area (Å²) in [6.45, 7) is 2.44. The molecule has 3 nitrogen and oxygen atoms in total. The van der Waals surface area contributed by atoms with Crippen molar-refractivity contribution in [2.24, 2.45) is 5.73 Å². The summed E-state index contributed by atoms with van der Waals surface area (Å²) < 4.78 is 5.82. The quantitative estimate of drug-likeness (QED) is 0.889. The number of nitrogens with two attached hydrogens (primary N) is 1. The molecular formula is C15H21NO2. The minimum atomic E-state index is -0.811. The maximum atomic E-state index is 11.9. The molecule has 2 atom stereocenters. The van der Waals surface area contributed by atoms with Gasteiger partial charge in [-0.3, -0.25) is 4.79 Å². The molecule has 1 aromatic carbocycles. The van der Waals surface area contributed by atoms with Crippen molar-refractivity contribution in [2.45, 2.75) is 44.1 Å². The van der Waals surface area contributed by atoms with E-state index in [1.165, 1.54) is 0 Å². The average Bonchev–Trinajstić information content (AvgIpc) is 2.40. The molecule has 98 valence electrons. The largest absolute Gasteiger partial charge is 0.367 e. The molecule has 0 saturated heterocycles. The third kappa shape index (κ3) is 2.27. The Balaban J connectivity index is 2.37. The minimum absolute atomic E-state index is 0.0879. The van der Waals surface area contributed by atoms with Crippen molar-refractivity contribution in [2.75, 3.05) is 6.61 Å². The van der Waals surface area contributed by atoms with Crippen LogP contribution in [0.5, 0.6) is 0 Å². The number of amides is 1. The molecule has 1 saturated carbocycles. The molecule has 2 rings (SSSR count). The van der Waals surface area contributed by atoms with Crippen LogP contribution < -0.4 is 5.73 Å². The molecule has 18 heavy (non-hydrogen) atoms. The van der Waals surface area contributed by atoms with Crippen molar-refractivity contribution in [3.63, 3.8) is 0 Å². The van der Waals surface area contributed by atoms with Crippen molar-refractivity contribution >= 4 is 5.91 Å². The van der Waals surface area contributed by atoms with Crippen molar-refractivity contribution in [1.82, 2.24) is 0 Å². The molecule has 1 aliphatic carbocycles. The Bertz CT molecular complexity index is 400. The second-order valence-electron chi connectivity index (χ2n) is 4.90. The highest BCUT2D eigenvalue weighted by atomic mass is 16.5.